The summed E-state index contributed by atoms with van der Waals surface area (Å²) in [7, 11) is 0. The summed E-state index contributed by atoms with van der Waals surface area (Å²) < 4.78 is 16.1. The van der Waals surface area contributed by atoms with Crippen LogP contribution in [0, 0.1) is 0 Å². The number of fused-ring (bicyclic) bond motifs is 1. The van der Waals surface area contributed by atoms with Gasteiger partial charge in [0.25, 0.3) is 0 Å². The maximum absolute atomic E-state index is 8.57. The van der Waals surface area contributed by atoms with Gasteiger partial charge in [0.1, 0.15) is 13.2 Å². The first-order valence-corrected chi connectivity index (χ1v) is 6.43. The molecule has 2 rings (SSSR count). The number of aliphatic hydroxyl groups is 1. The number of benzene rings is 1. The molecular weight excluding hydrogens is 248 g/mol. The number of nitrogen functional groups attached to an aromatic ring is 1. The smallest absolute Gasteiger partial charge is 0.163 e. The second kappa shape index (κ2) is 7.06. The average Bonchev–Trinajstić information content (AvgIpc) is 2.43. The van der Waals surface area contributed by atoms with Crippen molar-refractivity contribution in [2.24, 2.45) is 0 Å². The van der Waals surface area contributed by atoms with Crippen molar-refractivity contribution in [1.82, 2.24) is 0 Å². The highest BCUT2D eigenvalue weighted by Gasteiger charge is 2.14. The maximum atomic E-state index is 8.57. The summed E-state index contributed by atoms with van der Waals surface area (Å²) in [5.41, 5.74) is 7.42. The number of hydrogen-bond acceptors (Lipinski definition) is 6. The Balaban J connectivity index is 1.83. The quantitative estimate of drug-likeness (QED) is 0.502. The lowest BCUT2D eigenvalue weighted by Crippen LogP contribution is -2.16. The fraction of sp³-hybridized carbons (Fsp3) is 0.538. The van der Waals surface area contributed by atoms with E-state index in [0.717, 1.165) is 24.4 Å². The first-order chi connectivity index (χ1) is 9.31. The molecular formula is C13H20N2O4. The molecule has 1 heterocycles. The number of nitrogens with two attached hydrogens (primary N) is 1. The lowest BCUT2D eigenvalue weighted by Gasteiger charge is -2.20. The molecule has 106 valence electrons. The summed E-state index contributed by atoms with van der Waals surface area (Å²) in [6.45, 7) is 2.91. The van der Waals surface area contributed by atoms with Crippen molar-refractivity contribution in [2.45, 2.75) is 6.42 Å². The lowest BCUT2D eigenvalue weighted by molar-refractivity contribution is 0.0922. The molecule has 0 radical (unpaired) electrons. The molecule has 6 heteroatoms. The predicted molar refractivity (Wildman–Crippen MR) is 72.9 cm³/mol. The third-order valence-corrected chi connectivity index (χ3v) is 2.73. The number of hydrogen-bond donors (Lipinski definition) is 3. The van der Waals surface area contributed by atoms with Gasteiger partial charge in [0, 0.05) is 25.3 Å². The van der Waals surface area contributed by atoms with Crippen molar-refractivity contribution >= 4 is 11.4 Å². The fourth-order valence-electron chi connectivity index (χ4n) is 1.82. The zero-order valence-electron chi connectivity index (χ0n) is 10.9. The third-order valence-electron chi connectivity index (χ3n) is 2.73. The van der Waals surface area contributed by atoms with Gasteiger partial charge in [-0.05, 0) is 6.42 Å². The molecule has 0 unspecified atom stereocenters. The van der Waals surface area contributed by atoms with Crippen LogP contribution in [0.1, 0.15) is 6.42 Å². The Labute approximate surface area is 112 Å². The highest BCUT2D eigenvalue weighted by atomic mass is 16.6. The van der Waals surface area contributed by atoms with Crippen LogP contribution >= 0.6 is 0 Å². The number of ether oxygens (including phenoxy) is 3. The molecule has 0 spiro atoms. The summed E-state index contributed by atoms with van der Waals surface area (Å²) in [5.74, 6) is 1.42. The van der Waals surface area contributed by atoms with Gasteiger partial charge < -0.3 is 30.4 Å². The molecule has 0 saturated heterocycles. The van der Waals surface area contributed by atoms with Crippen molar-refractivity contribution in [3.8, 4) is 11.5 Å². The lowest BCUT2D eigenvalue weighted by atomic mass is 10.2. The third kappa shape index (κ3) is 3.90. The van der Waals surface area contributed by atoms with Gasteiger partial charge in [0.2, 0.25) is 0 Å². The molecule has 0 amide bonds. The molecule has 0 fully saturated rings. The highest BCUT2D eigenvalue weighted by Crippen LogP contribution is 2.36. The number of rotatable bonds is 7. The van der Waals surface area contributed by atoms with Crippen LogP contribution in [-0.2, 0) is 4.74 Å². The largest absolute Gasteiger partial charge is 0.486 e. The van der Waals surface area contributed by atoms with Crippen LogP contribution in [0.3, 0.4) is 0 Å². The molecule has 1 aromatic rings. The van der Waals surface area contributed by atoms with Gasteiger partial charge in [-0.1, -0.05) is 0 Å². The van der Waals surface area contributed by atoms with Gasteiger partial charge in [0.15, 0.2) is 11.5 Å². The number of aliphatic hydroxyl groups excluding tert-OH is 1. The van der Waals surface area contributed by atoms with E-state index < -0.39 is 0 Å². The second-order valence-electron chi connectivity index (χ2n) is 4.20. The minimum absolute atomic E-state index is 0.0581. The van der Waals surface area contributed by atoms with Gasteiger partial charge in [0.05, 0.1) is 24.6 Å². The van der Waals surface area contributed by atoms with Gasteiger partial charge in [-0.2, -0.15) is 0 Å². The monoisotopic (exact) mass is 268 g/mol. The molecule has 1 aliphatic rings. The molecule has 0 aromatic heterocycles. The Morgan fingerprint density at radius 3 is 2.68 bits per heavy atom. The standard InChI is InChI=1S/C13H20N2O4/c14-10-8-12-13(19-7-6-18-12)9-11(10)15-2-1-4-17-5-3-16/h8-9,15-16H,1-7,14H2. The molecule has 6 nitrogen and oxygen atoms in total. The summed E-state index contributed by atoms with van der Waals surface area (Å²) in [5, 5.41) is 11.8. The topological polar surface area (TPSA) is 86.0 Å². The predicted octanol–water partition coefficient (Wildman–Crippen LogP) is 0.851. The zero-order valence-corrected chi connectivity index (χ0v) is 10.9. The minimum Gasteiger partial charge on any atom is -0.486 e. The second-order valence-corrected chi connectivity index (χ2v) is 4.20. The normalized spacial score (nSPS) is 13.3. The van der Waals surface area contributed by atoms with Crippen molar-refractivity contribution < 1.29 is 19.3 Å². The minimum atomic E-state index is 0.0581. The van der Waals surface area contributed by atoms with E-state index in [1.54, 1.807) is 6.07 Å². The van der Waals surface area contributed by atoms with Crippen LogP contribution < -0.4 is 20.5 Å². The van der Waals surface area contributed by atoms with E-state index in [2.05, 4.69) is 5.32 Å². The molecule has 0 saturated carbocycles. The van der Waals surface area contributed by atoms with Crippen LogP contribution in [0.15, 0.2) is 12.1 Å². The molecule has 4 N–H and O–H groups in total. The van der Waals surface area contributed by atoms with E-state index in [0.29, 0.717) is 37.9 Å². The summed E-state index contributed by atoms with van der Waals surface area (Å²) in [6.07, 6.45) is 0.841. The summed E-state index contributed by atoms with van der Waals surface area (Å²) >= 11 is 0. The SMILES string of the molecule is Nc1cc2c(cc1NCCCOCCO)OCCO2. The first-order valence-electron chi connectivity index (χ1n) is 6.43. The zero-order chi connectivity index (χ0) is 13.5. The van der Waals surface area contributed by atoms with E-state index >= 15 is 0 Å². The van der Waals surface area contributed by atoms with Crippen molar-refractivity contribution in [3.63, 3.8) is 0 Å². The molecule has 1 aliphatic heterocycles. The van der Waals surface area contributed by atoms with Crippen molar-refractivity contribution in [3.05, 3.63) is 12.1 Å². The highest BCUT2D eigenvalue weighted by molar-refractivity contribution is 5.72. The van der Waals surface area contributed by atoms with Gasteiger partial charge in [-0.15, -0.1) is 0 Å². The van der Waals surface area contributed by atoms with Crippen LogP contribution in [0.2, 0.25) is 0 Å². The molecule has 19 heavy (non-hydrogen) atoms. The Morgan fingerprint density at radius 2 is 1.95 bits per heavy atom. The van der Waals surface area contributed by atoms with Gasteiger partial charge >= 0.3 is 0 Å². The maximum Gasteiger partial charge on any atom is 0.163 e. The fourth-order valence-corrected chi connectivity index (χ4v) is 1.82. The number of anilines is 2. The van der Waals surface area contributed by atoms with E-state index in [9.17, 15) is 0 Å². The Bertz CT molecular complexity index is 412. The van der Waals surface area contributed by atoms with Gasteiger partial charge in [-0.3, -0.25) is 0 Å². The molecule has 1 aromatic carbocycles. The van der Waals surface area contributed by atoms with Gasteiger partial charge in [-0.25, -0.2) is 0 Å². The number of nitrogens with one attached hydrogen (secondary N) is 1. The first kappa shape index (κ1) is 13.8. The van der Waals surface area contributed by atoms with Crippen LogP contribution in [0.5, 0.6) is 11.5 Å². The summed E-state index contributed by atoms with van der Waals surface area (Å²) in [4.78, 5) is 0. The van der Waals surface area contributed by atoms with Crippen LogP contribution in [0.4, 0.5) is 11.4 Å². The van der Waals surface area contributed by atoms with E-state index in [4.69, 9.17) is 25.1 Å². The van der Waals surface area contributed by atoms with Crippen LogP contribution in [0.25, 0.3) is 0 Å². The molecule has 0 atom stereocenters. The van der Waals surface area contributed by atoms with Crippen LogP contribution in [-0.4, -0.2) is 44.7 Å². The van der Waals surface area contributed by atoms with Crippen molar-refractivity contribution in [2.75, 3.05) is 50.6 Å². The average molecular weight is 268 g/mol. The Hall–Kier alpha value is -1.66. The van der Waals surface area contributed by atoms with E-state index in [1.807, 2.05) is 6.07 Å². The van der Waals surface area contributed by atoms with E-state index in [-0.39, 0.29) is 6.61 Å². The Kier molecular flexibility index (Phi) is 5.11. The molecule has 0 bridgehead atoms. The van der Waals surface area contributed by atoms with E-state index in [1.165, 1.54) is 0 Å². The summed E-state index contributed by atoms with van der Waals surface area (Å²) in [6, 6.07) is 3.64. The Morgan fingerprint density at radius 1 is 1.21 bits per heavy atom. The van der Waals surface area contributed by atoms with Crippen molar-refractivity contribution in [1.29, 1.82) is 0 Å². The molecule has 0 aliphatic carbocycles.